The number of piperazine rings is 1. The fourth-order valence-electron chi connectivity index (χ4n) is 2.95. The molecule has 1 N–H and O–H groups in total. The second-order valence-corrected chi connectivity index (χ2v) is 5.61. The van der Waals surface area contributed by atoms with Gasteiger partial charge in [0, 0.05) is 39.3 Å². The van der Waals surface area contributed by atoms with Gasteiger partial charge in [-0.1, -0.05) is 0 Å². The van der Waals surface area contributed by atoms with E-state index in [1.165, 1.54) is 45.6 Å². The van der Waals surface area contributed by atoms with Crippen molar-refractivity contribution in [2.24, 2.45) is 5.92 Å². The lowest BCUT2D eigenvalue weighted by atomic mass is 9.96. The highest BCUT2D eigenvalue weighted by atomic mass is 16.3. The molecule has 0 saturated carbocycles. The molecule has 17 heavy (non-hydrogen) atoms. The molecule has 0 unspecified atom stereocenters. The maximum Gasteiger partial charge on any atom is 0.0558 e. The van der Waals surface area contributed by atoms with E-state index in [2.05, 4.69) is 21.7 Å². The van der Waals surface area contributed by atoms with Crippen molar-refractivity contribution in [3.8, 4) is 0 Å². The summed E-state index contributed by atoms with van der Waals surface area (Å²) in [5, 5.41) is 8.91. The van der Waals surface area contributed by atoms with Crippen LogP contribution in [0.4, 0.5) is 0 Å². The van der Waals surface area contributed by atoms with Crippen LogP contribution < -0.4 is 0 Å². The zero-order valence-electron chi connectivity index (χ0n) is 11.1. The summed E-state index contributed by atoms with van der Waals surface area (Å²) in [4.78, 5) is 7.42. The number of β-amino-alcohol motifs (C(OH)–C–C–N with tert-alkyl or cyclic N) is 1. The van der Waals surface area contributed by atoms with Crippen LogP contribution in [-0.4, -0.2) is 85.8 Å². The zero-order chi connectivity index (χ0) is 12.1. The molecule has 2 fully saturated rings. The van der Waals surface area contributed by atoms with Crippen LogP contribution in [0, 0.1) is 5.92 Å². The molecule has 0 radical (unpaired) electrons. The molecule has 0 aromatic carbocycles. The summed E-state index contributed by atoms with van der Waals surface area (Å²) in [6.07, 6.45) is 2.74. The molecular formula is C13H27N3O. The van der Waals surface area contributed by atoms with Crippen LogP contribution in [0.3, 0.4) is 0 Å². The smallest absolute Gasteiger partial charge is 0.0558 e. The first-order valence-electron chi connectivity index (χ1n) is 7.02. The molecule has 100 valence electrons. The lowest BCUT2D eigenvalue weighted by molar-refractivity contribution is 0.0889. The number of piperidine rings is 1. The molecule has 2 saturated heterocycles. The summed E-state index contributed by atoms with van der Waals surface area (Å²) in [6.45, 7) is 9.63. The number of likely N-dealkylation sites (tertiary alicyclic amines) is 1. The number of nitrogens with zero attached hydrogens (tertiary/aromatic N) is 3. The molecule has 2 heterocycles. The quantitative estimate of drug-likeness (QED) is 0.747. The largest absolute Gasteiger partial charge is 0.395 e. The van der Waals surface area contributed by atoms with E-state index >= 15 is 0 Å². The Balaban J connectivity index is 1.64. The van der Waals surface area contributed by atoms with Crippen molar-refractivity contribution in [3.63, 3.8) is 0 Å². The minimum Gasteiger partial charge on any atom is -0.395 e. The Morgan fingerprint density at radius 2 is 1.53 bits per heavy atom. The molecule has 0 aromatic rings. The van der Waals surface area contributed by atoms with Gasteiger partial charge in [0.05, 0.1) is 6.61 Å². The van der Waals surface area contributed by atoms with Gasteiger partial charge in [-0.05, 0) is 38.9 Å². The fraction of sp³-hybridized carbons (Fsp3) is 1.00. The lowest BCUT2D eigenvalue weighted by Crippen LogP contribution is -2.49. The number of aliphatic hydroxyl groups is 1. The summed E-state index contributed by atoms with van der Waals surface area (Å²) < 4.78 is 0. The number of hydrogen-bond acceptors (Lipinski definition) is 4. The van der Waals surface area contributed by atoms with E-state index in [0.29, 0.717) is 6.61 Å². The van der Waals surface area contributed by atoms with Gasteiger partial charge in [0.25, 0.3) is 0 Å². The molecule has 0 atom stereocenters. The average molecular weight is 241 g/mol. The summed E-state index contributed by atoms with van der Waals surface area (Å²) in [5.74, 6) is 0.913. The first-order valence-corrected chi connectivity index (χ1v) is 7.02. The summed E-state index contributed by atoms with van der Waals surface area (Å²) in [5.41, 5.74) is 0. The molecule has 0 bridgehead atoms. The third-order valence-corrected chi connectivity index (χ3v) is 4.24. The minimum atomic E-state index is 0.301. The minimum absolute atomic E-state index is 0.301. The van der Waals surface area contributed by atoms with Gasteiger partial charge in [0.1, 0.15) is 0 Å². The van der Waals surface area contributed by atoms with Gasteiger partial charge in [-0.2, -0.15) is 0 Å². The molecule has 4 nitrogen and oxygen atoms in total. The second-order valence-electron chi connectivity index (χ2n) is 5.61. The van der Waals surface area contributed by atoms with Gasteiger partial charge in [-0.15, -0.1) is 0 Å². The normalized spacial score (nSPS) is 26.5. The fourth-order valence-corrected chi connectivity index (χ4v) is 2.95. The predicted octanol–water partition coefficient (Wildman–Crippen LogP) is -0.0619. The molecule has 0 aliphatic carbocycles. The van der Waals surface area contributed by atoms with Crippen LogP contribution in [0.2, 0.25) is 0 Å². The Morgan fingerprint density at radius 3 is 2.12 bits per heavy atom. The maximum atomic E-state index is 8.91. The molecule has 2 aliphatic rings. The van der Waals surface area contributed by atoms with Gasteiger partial charge < -0.3 is 14.9 Å². The van der Waals surface area contributed by atoms with E-state index in [9.17, 15) is 0 Å². The van der Waals surface area contributed by atoms with Crippen molar-refractivity contribution >= 4 is 0 Å². The molecule has 4 heteroatoms. The van der Waals surface area contributed by atoms with Crippen molar-refractivity contribution in [3.05, 3.63) is 0 Å². The molecule has 0 amide bonds. The standard InChI is InChI=1S/C13H27N3O/c1-14-4-2-13(3-5-14)12-16-8-6-15(7-9-16)10-11-17/h13,17H,2-12H2,1H3. The lowest BCUT2D eigenvalue weighted by Gasteiger charge is -2.38. The van der Waals surface area contributed by atoms with E-state index in [0.717, 1.165) is 25.6 Å². The van der Waals surface area contributed by atoms with Crippen LogP contribution >= 0.6 is 0 Å². The number of aliphatic hydroxyl groups excluding tert-OH is 1. The Kier molecular flexibility index (Phi) is 5.22. The third-order valence-electron chi connectivity index (χ3n) is 4.24. The first-order chi connectivity index (χ1) is 8.28. The van der Waals surface area contributed by atoms with E-state index in [1.54, 1.807) is 0 Å². The van der Waals surface area contributed by atoms with Gasteiger partial charge >= 0.3 is 0 Å². The van der Waals surface area contributed by atoms with Crippen LogP contribution in [0.15, 0.2) is 0 Å². The molecular weight excluding hydrogens is 214 g/mol. The van der Waals surface area contributed by atoms with Crippen molar-refractivity contribution in [1.29, 1.82) is 0 Å². The summed E-state index contributed by atoms with van der Waals surface area (Å²) in [6, 6.07) is 0. The molecule has 2 rings (SSSR count). The highest BCUT2D eigenvalue weighted by Gasteiger charge is 2.22. The Labute approximate surface area is 105 Å². The Bertz CT molecular complexity index is 209. The van der Waals surface area contributed by atoms with Crippen LogP contribution in [-0.2, 0) is 0 Å². The molecule has 0 aromatic heterocycles. The summed E-state index contributed by atoms with van der Waals surface area (Å²) >= 11 is 0. The maximum absolute atomic E-state index is 8.91. The van der Waals surface area contributed by atoms with Gasteiger partial charge in [0.15, 0.2) is 0 Å². The molecule has 0 spiro atoms. The van der Waals surface area contributed by atoms with Crippen LogP contribution in [0.5, 0.6) is 0 Å². The number of hydrogen-bond donors (Lipinski definition) is 1. The van der Waals surface area contributed by atoms with Gasteiger partial charge in [0.2, 0.25) is 0 Å². The van der Waals surface area contributed by atoms with Crippen molar-refractivity contribution in [2.75, 3.05) is 66.0 Å². The zero-order valence-corrected chi connectivity index (χ0v) is 11.1. The van der Waals surface area contributed by atoms with Crippen molar-refractivity contribution < 1.29 is 5.11 Å². The number of rotatable bonds is 4. The van der Waals surface area contributed by atoms with E-state index in [-0.39, 0.29) is 0 Å². The summed E-state index contributed by atoms with van der Waals surface area (Å²) in [7, 11) is 2.23. The monoisotopic (exact) mass is 241 g/mol. The van der Waals surface area contributed by atoms with Gasteiger partial charge in [-0.3, -0.25) is 4.90 Å². The van der Waals surface area contributed by atoms with E-state index < -0.39 is 0 Å². The van der Waals surface area contributed by atoms with Crippen molar-refractivity contribution in [1.82, 2.24) is 14.7 Å². The van der Waals surface area contributed by atoms with E-state index in [4.69, 9.17) is 5.11 Å². The highest BCUT2D eigenvalue weighted by molar-refractivity contribution is 4.77. The first kappa shape index (κ1) is 13.3. The predicted molar refractivity (Wildman–Crippen MR) is 70.2 cm³/mol. The van der Waals surface area contributed by atoms with Crippen molar-refractivity contribution in [2.45, 2.75) is 12.8 Å². The van der Waals surface area contributed by atoms with Crippen LogP contribution in [0.1, 0.15) is 12.8 Å². The third kappa shape index (κ3) is 4.21. The second kappa shape index (κ2) is 6.69. The van der Waals surface area contributed by atoms with Crippen LogP contribution in [0.25, 0.3) is 0 Å². The highest BCUT2D eigenvalue weighted by Crippen LogP contribution is 2.17. The Hall–Kier alpha value is -0.160. The SMILES string of the molecule is CN1CCC(CN2CCN(CCO)CC2)CC1. The van der Waals surface area contributed by atoms with E-state index in [1.807, 2.05) is 0 Å². The van der Waals surface area contributed by atoms with Gasteiger partial charge in [-0.25, -0.2) is 0 Å². The Morgan fingerprint density at radius 1 is 0.941 bits per heavy atom. The molecule has 2 aliphatic heterocycles. The average Bonchev–Trinajstić information content (AvgIpc) is 2.35. The topological polar surface area (TPSA) is 30.0 Å².